The van der Waals surface area contributed by atoms with Crippen LogP contribution in [0.3, 0.4) is 0 Å². The van der Waals surface area contributed by atoms with Gasteiger partial charge in [0.1, 0.15) is 0 Å². The van der Waals surface area contributed by atoms with E-state index in [4.69, 9.17) is 14.5 Å². The van der Waals surface area contributed by atoms with Gasteiger partial charge in [0.2, 0.25) is 12.7 Å². The van der Waals surface area contributed by atoms with Gasteiger partial charge in [0.15, 0.2) is 17.3 Å². The number of rotatable bonds is 4. The molecule has 3 aliphatic heterocycles. The summed E-state index contributed by atoms with van der Waals surface area (Å²) in [5.74, 6) is 4.20. The number of aromatic nitrogens is 3. The van der Waals surface area contributed by atoms with Gasteiger partial charge in [-0.15, -0.1) is 5.10 Å². The number of hydrogen-bond donors (Lipinski definition) is 0. The molecule has 1 aromatic carbocycles. The molecule has 5 rings (SSSR count). The van der Waals surface area contributed by atoms with E-state index in [1.54, 1.807) is 6.20 Å². The highest BCUT2D eigenvalue weighted by atomic mass is 16.7. The zero-order valence-electron chi connectivity index (χ0n) is 17.0. The molecule has 3 aliphatic rings. The third-order valence-corrected chi connectivity index (χ3v) is 6.14. The summed E-state index contributed by atoms with van der Waals surface area (Å²) in [6.45, 7) is 9.48. The van der Waals surface area contributed by atoms with Crippen molar-refractivity contribution in [2.45, 2.75) is 26.3 Å². The van der Waals surface area contributed by atoms with Crippen LogP contribution in [0.2, 0.25) is 0 Å². The Kier molecular flexibility index (Phi) is 5.10. The number of benzene rings is 1. The molecule has 0 amide bonds. The van der Waals surface area contributed by atoms with Crippen LogP contribution in [0.1, 0.15) is 25.3 Å². The predicted molar refractivity (Wildman–Crippen MR) is 110 cm³/mol. The molecule has 0 radical (unpaired) electrons. The van der Waals surface area contributed by atoms with Crippen molar-refractivity contribution in [2.75, 3.05) is 55.9 Å². The zero-order chi connectivity index (χ0) is 19.6. The highest BCUT2D eigenvalue weighted by Crippen LogP contribution is 2.33. The van der Waals surface area contributed by atoms with Gasteiger partial charge in [-0.3, -0.25) is 4.90 Å². The molecule has 4 heterocycles. The lowest BCUT2D eigenvalue weighted by molar-refractivity contribution is 0.174. The second kappa shape index (κ2) is 8.02. The first kappa shape index (κ1) is 18.4. The van der Waals surface area contributed by atoms with Crippen LogP contribution in [0.25, 0.3) is 0 Å². The number of piperidine rings is 1. The van der Waals surface area contributed by atoms with Gasteiger partial charge in [-0.25, -0.2) is 0 Å². The van der Waals surface area contributed by atoms with Crippen molar-refractivity contribution in [2.24, 2.45) is 5.92 Å². The molecule has 0 spiro atoms. The Morgan fingerprint density at radius 3 is 2.59 bits per heavy atom. The first-order valence-corrected chi connectivity index (χ1v) is 10.5. The van der Waals surface area contributed by atoms with Gasteiger partial charge < -0.3 is 19.3 Å². The fraction of sp³-hybridized carbons (Fsp3) is 0.571. The van der Waals surface area contributed by atoms with Gasteiger partial charge >= 0.3 is 0 Å². The summed E-state index contributed by atoms with van der Waals surface area (Å²) in [4.78, 5) is 11.9. The van der Waals surface area contributed by atoms with E-state index in [0.717, 1.165) is 75.0 Å². The average Bonchev–Trinajstić information content (AvgIpc) is 3.23. The molecule has 2 aromatic rings. The molecule has 0 saturated carbocycles. The number of hydrogen-bond acceptors (Lipinski definition) is 8. The van der Waals surface area contributed by atoms with E-state index in [2.05, 4.69) is 44.0 Å². The minimum absolute atomic E-state index is 0.322. The van der Waals surface area contributed by atoms with Gasteiger partial charge in [0, 0.05) is 45.8 Å². The Labute approximate surface area is 171 Å². The minimum atomic E-state index is 0.322. The molecular weight excluding hydrogens is 368 g/mol. The van der Waals surface area contributed by atoms with Crippen LogP contribution in [0.15, 0.2) is 24.4 Å². The van der Waals surface area contributed by atoms with Crippen molar-refractivity contribution in [3.8, 4) is 11.5 Å². The third kappa shape index (κ3) is 4.07. The molecule has 1 aromatic heterocycles. The highest BCUT2D eigenvalue weighted by molar-refractivity contribution is 5.45. The lowest BCUT2D eigenvalue weighted by Gasteiger charge is -2.36. The summed E-state index contributed by atoms with van der Waals surface area (Å²) in [5, 5.41) is 8.53. The van der Waals surface area contributed by atoms with Crippen LogP contribution in [0.4, 0.5) is 11.8 Å². The highest BCUT2D eigenvalue weighted by Gasteiger charge is 2.22. The van der Waals surface area contributed by atoms with E-state index in [0.29, 0.717) is 6.79 Å². The number of anilines is 2. The van der Waals surface area contributed by atoms with E-state index < -0.39 is 0 Å². The summed E-state index contributed by atoms with van der Waals surface area (Å²) < 4.78 is 10.9. The van der Waals surface area contributed by atoms with Gasteiger partial charge in [-0.05, 0) is 36.5 Å². The Hall–Kier alpha value is -2.61. The number of ether oxygens (including phenoxy) is 2. The summed E-state index contributed by atoms with van der Waals surface area (Å²) in [7, 11) is 0. The molecule has 0 N–H and O–H groups in total. The lowest BCUT2D eigenvalue weighted by atomic mass is 10.00. The van der Waals surface area contributed by atoms with Crippen LogP contribution >= 0.6 is 0 Å². The molecule has 2 fully saturated rings. The van der Waals surface area contributed by atoms with E-state index in [-0.39, 0.29) is 0 Å². The smallest absolute Gasteiger partial charge is 0.247 e. The molecule has 0 unspecified atom stereocenters. The van der Waals surface area contributed by atoms with E-state index in [1.165, 1.54) is 18.4 Å². The van der Waals surface area contributed by atoms with Crippen molar-refractivity contribution in [1.82, 2.24) is 20.1 Å². The fourth-order valence-corrected chi connectivity index (χ4v) is 4.21. The normalized spacial score (nSPS) is 20.3. The van der Waals surface area contributed by atoms with Crippen LogP contribution in [0.5, 0.6) is 11.5 Å². The van der Waals surface area contributed by atoms with E-state index in [9.17, 15) is 0 Å². The lowest BCUT2D eigenvalue weighted by Crippen LogP contribution is -2.46. The minimum Gasteiger partial charge on any atom is -0.454 e. The van der Waals surface area contributed by atoms with Crippen LogP contribution in [-0.4, -0.2) is 66.1 Å². The maximum atomic E-state index is 5.50. The maximum absolute atomic E-state index is 5.50. The Morgan fingerprint density at radius 1 is 0.966 bits per heavy atom. The molecule has 0 atom stereocenters. The zero-order valence-corrected chi connectivity index (χ0v) is 17.0. The molecule has 0 bridgehead atoms. The van der Waals surface area contributed by atoms with Gasteiger partial charge in [-0.1, -0.05) is 13.0 Å². The quantitative estimate of drug-likeness (QED) is 0.779. The van der Waals surface area contributed by atoms with Gasteiger partial charge in [0.25, 0.3) is 0 Å². The van der Waals surface area contributed by atoms with Crippen LogP contribution in [-0.2, 0) is 6.54 Å². The predicted octanol–water partition coefficient (Wildman–Crippen LogP) is 2.16. The van der Waals surface area contributed by atoms with Crippen molar-refractivity contribution in [1.29, 1.82) is 0 Å². The molecule has 154 valence electrons. The average molecular weight is 396 g/mol. The third-order valence-electron chi connectivity index (χ3n) is 6.14. The van der Waals surface area contributed by atoms with E-state index in [1.807, 2.05) is 6.07 Å². The topological polar surface area (TPSA) is 66.9 Å². The summed E-state index contributed by atoms with van der Waals surface area (Å²) in [5.41, 5.74) is 1.26. The fourth-order valence-electron chi connectivity index (χ4n) is 4.21. The summed E-state index contributed by atoms with van der Waals surface area (Å²) in [6, 6.07) is 6.22. The Balaban J connectivity index is 1.18. The molecule has 2 saturated heterocycles. The standard InChI is InChI=1S/C21H28N6O2/c1-16-4-6-27(7-5-16)21-23-20(13-22-24-21)26-10-8-25(9-11-26)14-17-2-3-18-19(12-17)29-15-28-18/h2-3,12-13,16H,4-11,14-15H2,1H3. The Morgan fingerprint density at radius 2 is 1.76 bits per heavy atom. The number of fused-ring (bicyclic) bond motifs is 1. The summed E-state index contributed by atoms with van der Waals surface area (Å²) >= 11 is 0. The van der Waals surface area contributed by atoms with Crippen molar-refractivity contribution in [3.63, 3.8) is 0 Å². The molecule has 0 aliphatic carbocycles. The largest absolute Gasteiger partial charge is 0.454 e. The first-order chi connectivity index (χ1) is 14.2. The monoisotopic (exact) mass is 396 g/mol. The van der Waals surface area contributed by atoms with Gasteiger partial charge in [0.05, 0.1) is 6.20 Å². The van der Waals surface area contributed by atoms with Crippen molar-refractivity contribution in [3.05, 3.63) is 30.0 Å². The SMILES string of the molecule is CC1CCN(c2nncc(N3CCN(Cc4ccc5c(c4)OCO5)CC3)n2)CC1. The van der Waals surface area contributed by atoms with Crippen LogP contribution in [0, 0.1) is 5.92 Å². The molecule has 8 heteroatoms. The second-order valence-electron chi connectivity index (χ2n) is 8.23. The maximum Gasteiger partial charge on any atom is 0.247 e. The molecular formula is C21H28N6O2. The van der Waals surface area contributed by atoms with Crippen molar-refractivity contribution < 1.29 is 9.47 Å². The first-order valence-electron chi connectivity index (χ1n) is 10.5. The second-order valence-corrected chi connectivity index (χ2v) is 8.23. The number of piperazine rings is 1. The summed E-state index contributed by atoms with van der Waals surface area (Å²) in [6.07, 6.45) is 4.20. The Bertz CT molecular complexity index is 847. The van der Waals surface area contributed by atoms with E-state index >= 15 is 0 Å². The molecule has 8 nitrogen and oxygen atoms in total. The molecule has 29 heavy (non-hydrogen) atoms. The van der Waals surface area contributed by atoms with Crippen LogP contribution < -0.4 is 19.3 Å². The van der Waals surface area contributed by atoms with Gasteiger partial charge in [-0.2, -0.15) is 10.1 Å². The van der Waals surface area contributed by atoms with Crippen molar-refractivity contribution >= 4 is 11.8 Å². The number of nitrogens with zero attached hydrogens (tertiary/aromatic N) is 6.